The zero-order valence-corrected chi connectivity index (χ0v) is 11.7. The van der Waals surface area contributed by atoms with Crippen LogP contribution in [0.4, 0.5) is 13.2 Å². The molecule has 0 bridgehead atoms. The number of aliphatic carboxylic acids is 1. The maximum absolute atomic E-state index is 13.1. The number of hydrogen-bond acceptors (Lipinski definition) is 4. The van der Waals surface area contributed by atoms with Crippen molar-refractivity contribution in [3.8, 4) is 5.69 Å². The summed E-state index contributed by atoms with van der Waals surface area (Å²) in [6.45, 7) is 0. The van der Waals surface area contributed by atoms with E-state index < -0.39 is 17.7 Å². The van der Waals surface area contributed by atoms with Gasteiger partial charge in [-0.3, -0.25) is 9.36 Å². The van der Waals surface area contributed by atoms with Crippen molar-refractivity contribution in [2.45, 2.75) is 11.3 Å². The molecule has 0 aliphatic carbocycles. The molecule has 0 amide bonds. The third-order valence-corrected chi connectivity index (χ3v) is 3.53. The van der Waals surface area contributed by atoms with E-state index in [9.17, 15) is 18.0 Å². The van der Waals surface area contributed by atoms with E-state index in [-0.39, 0.29) is 21.6 Å². The van der Waals surface area contributed by atoms with Gasteiger partial charge in [-0.15, -0.1) is 10.2 Å². The summed E-state index contributed by atoms with van der Waals surface area (Å²) in [5.74, 6) is -1.45. The lowest BCUT2D eigenvalue weighted by Gasteiger charge is -2.14. The van der Waals surface area contributed by atoms with Crippen LogP contribution >= 0.6 is 23.4 Å². The van der Waals surface area contributed by atoms with Gasteiger partial charge in [-0.05, 0) is 18.2 Å². The number of carbonyl (C=O) groups is 1. The second-order valence-corrected chi connectivity index (χ2v) is 5.20. The average Bonchev–Trinajstić information content (AvgIpc) is 2.83. The van der Waals surface area contributed by atoms with Gasteiger partial charge in [-0.1, -0.05) is 23.4 Å². The lowest BCUT2D eigenvalue weighted by molar-refractivity contribution is -0.137. The number of halogens is 4. The molecule has 0 saturated heterocycles. The van der Waals surface area contributed by atoms with Gasteiger partial charge in [0, 0.05) is 5.02 Å². The lowest BCUT2D eigenvalue weighted by Crippen LogP contribution is -2.11. The number of benzene rings is 1. The maximum Gasteiger partial charge on any atom is 0.418 e. The summed E-state index contributed by atoms with van der Waals surface area (Å²) in [6, 6.07) is 3.28. The SMILES string of the molecule is O=C(O)CSc1nncn1-c1ccc(Cl)cc1C(F)(F)F. The van der Waals surface area contributed by atoms with Crippen molar-refractivity contribution >= 4 is 29.3 Å². The van der Waals surface area contributed by atoms with Crippen LogP contribution in [0.25, 0.3) is 5.69 Å². The largest absolute Gasteiger partial charge is 0.481 e. The summed E-state index contributed by atoms with van der Waals surface area (Å²) in [7, 11) is 0. The highest BCUT2D eigenvalue weighted by Gasteiger charge is 2.34. The molecule has 21 heavy (non-hydrogen) atoms. The summed E-state index contributed by atoms with van der Waals surface area (Å²) < 4.78 is 40.2. The van der Waals surface area contributed by atoms with Crippen LogP contribution in [0.15, 0.2) is 29.7 Å². The number of carboxylic acid groups (broad SMARTS) is 1. The quantitative estimate of drug-likeness (QED) is 0.868. The van der Waals surface area contributed by atoms with E-state index >= 15 is 0 Å². The molecule has 0 radical (unpaired) electrons. The Hall–Kier alpha value is -1.74. The van der Waals surface area contributed by atoms with Gasteiger partial charge in [0.15, 0.2) is 5.16 Å². The van der Waals surface area contributed by atoms with Crippen molar-refractivity contribution in [2.24, 2.45) is 0 Å². The minimum atomic E-state index is -4.61. The predicted molar refractivity (Wildman–Crippen MR) is 69.7 cm³/mol. The molecule has 0 aliphatic rings. The van der Waals surface area contributed by atoms with Crippen LogP contribution < -0.4 is 0 Å². The van der Waals surface area contributed by atoms with E-state index in [1.165, 1.54) is 12.1 Å². The Morgan fingerprint density at radius 1 is 1.43 bits per heavy atom. The molecule has 0 fully saturated rings. The number of rotatable bonds is 4. The van der Waals surface area contributed by atoms with Crippen molar-refractivity contribution in [3.63, 3.8) is 0 Å². The van der Waals surface area contributed by atoms with Gasteiger partial charge in [0.1, 0.15) is 6.33 Å². The molecule has 2 aromatic rings. The van der Waals surface area contributed by atoms with Crippen LogP contribution in [-0.4, -0.2) is 31.6 Å². The second kappa shape index (κ2) is 5.94. The molecule has 0 atom stereocenters. The van der Waals surface area contributed by atoms with Crippen LogP contribution in [0.1, 0.15) is 5.56 Å². The van der Waals surface area contributed by atoms with E-state index in [0.717, 1.165) is 28.7 Å². The molecule has 112 valence electrons. The van der Waals surface area contributed by atoms with Gasteiger partial charge in [0.25, 0.3) is 0 Å². The lowest BCUT2D eigenvalue weighted by atomic mass is 10.1. The van der Waals surface area contributed by atoms with Gasteiger partial charge in [-0.25, -0.2) is 0 Å². The van der Waals surface area contributed by atoms with Crippen LogP contribution in [0.5, 0.6) is 0 Å². The Balaban J connectivity index is 2.48. The van der Waals surface area contributed by atoms with E-state index in [2.05, 4.69) is 10.2 Å². The molecular weight excluding hydrogens is 331 g/mol. The first kappa shape index (κ1) is 15.6. The van der Waals surface area contributed by atoms with E-state index in [1.54, 1.807) is 0 Å². The first-order valence-corrected chi connectivity index (χ1v) is 6.77. The molecule has 0 spiro atoms. The summed E-state index contributed by atoms with van der Waals surface area (Å²) in [5, 5.41) is 15.8. The Labute approximate surface area is 125 Å². The average molecular weight is 338 g/mol. The van der Waals surface area contributed by atoms with E-state index in [4.69, 9.17) is 16.7 Å². The molecular formula is C11H7ClF3N3O2S. The van der Waals surface area contributed by atoms with Gasteiger partial charge in [-0.2, -0.15) is 13.2 Å². The van der Waals surface area contributed by atoms with Gasteiger partial charge in [0.2, 0.25) is 0 Å². The predicted octanol–water partition coefficient (Wildman–Crippen LogP) is 3.12. The molecule has 1 N–H and O–H groups in total. The molecule has 10 heteroatoms. The third kappa shape index (κ3) is 3.67. The molecule has 1 aromatic heterocycles. The first-order chi connectivity index (χ1) is 9.79. The minimum Gasteiger partial charge on any atom is -0.481 e. The van der Waals surface area contributed by atoms with Crippen LogP contribution in [0.2, 0.25) is 5.02 Å². The Bertz CT molecular complexity index is 675. The number of carboxylic acids is 1. The standard InChI is InChI=1S/C11H7ClF3N3O2S/c12-6-1-2-8(7(3-6)11(13,14)15)18-5-16-17-10(18)21-4-9(19)20/h1-3,5H,4H2,(H,19,20). The molecule has 2 rings (SSSR count). The number of aromatic nitrogens is 3. The van der Waals surface area contributed by atoms with Crippen LogP contribution in [0.3, 0.4) is 0 Å². The fourth-order valence-corrected chi connectivity index (χ4v) is 2.37. The van der Waals surface area contributed by atoms with Crippen molar-refractivity contribution in [1.29, 1.82) is 0 Å². The van der Waals surface area contributed by atoms with Crippen molar-refractivity contribution < 1.29 is 23.1 Å². The number of thioether (sulfide) groups is 1. The monoisotopic (exact) mass is 337 g/mol. The zero-order valence-electron chi connectivity index (χ0n) is 10.1. The fourth-order valence-electron chi connectivity index (χ4n) is 1.56. The van der Waals surface area contributed by atoms with Gasteiger partial charge < -0.3 is 5.11 Å². The molecule has 1 aromatic carbocycles. The normalized spacial score (nSPS) is 11.6. The highest BCUT2D eigenvalue weighted by molar-refractivity contribution is 7.99. The maximum atomic E-state index is 13.1. The molecule has 5 nitrogen and oxygen atoms in total. The minimum absolute atomic E-state index is 0.0465. The Morgan fingerprint density at radius 3 is 2.76 bits per heavy atom. The molecule has 0 aliphatic heterocycles. The highest BCUT2D eigenvalue weighted by atomic mass is 35.5. The van der Waals surface area contributed by atoms with Crippen molar-refractivity contribution in [1.82, 2.24) is 14.8 Å². The zero-order chi connectivity index (χ0) is 15.6. The molecule has 0 saturated carbocycles. The number of nitrogens with zero attached hydrogens (tertiary/aromatic N) is 3. The fraction of sp³-hybridized carbons (Fsp3) is 0.182. The molecule has 0 unspecified atom stereocenters. The topological polar surface area (TPSA) is 68.0 Å². The first-order valence-electron chi connectivity index (χ1n) is 5.41. The summed E-state index contributed by atoms with van der Waals surface area (Å²) >= 11 is 6.37. The molecule has 1 heterocycles. The van der Waals surface area contributed by atoms with E-state index in [0.29, 0.717) is 0 Å². The summed E-state index contributed by atoms with van der Waals surface area (Å²) in [6.07, 6.45) is -3.53. The summed E-state index contributed by atoms with van der Waals surface area (Å²) in [4.78, 5) is 10.5. The van der Waals surface area contributed by atoms with Crippen molar-refractivity contribution in [3.05, 3.63) is 35.1 Å². The van der Waals surface area contributed by atoms with Crippen molar-refractivity contribution in [2.75, 3.05) is 5.75 Å². The summed E-state index contributed by atoms with van der Waals surface area (Å²) in [5.41, 5.74) is -1.17. The van der Waals surface area contributed by atoms with Crippen LogP contribution in [0, 0.1) is 0 Å². The van der Waals surface area contributed by atoms with E-state index in [1.807, 2.05) is 0 Å². The highest BCUT2D eigenvalue weighted by Crippen LogP contribution is 2.36. The third-order valence-electron chi connectivity index (χ3n) is 2.36. The Kier molecular flexibility index (Phi) is 4.43. The second-order valence-electron chi connectivity index (χ2n) is 3.83. The van der Waals surface area contributed by atoms with Gasteiger partial charge >= 0.3 is 12.1 Å². The van der Waals surface area contributed by atoms with Gasteiger partial charge in [0.05, 0.1) is 17.0 Å². The smallest absolute Gasteiger partial charge is 0.418 e. The Morgan fingerprint density at radius 2 is 2.14 bits per heavy atom. The number of hydrogen-bond donors (Lipinski definition) is 1. The van der Waals surface area contributed by atoms with Crippen LogP contribution in [-0.2, 0) is 11.0 Å². The number of alkyl halides is 3.